The standard InChI is InChI=1S/C16H22N6O/c1-2-12(15-19-17-10-22(15)13-5-6-13)8-21(7-1)9-14-18-16(23-20-14)11-3-4-11/h10-13H,1-9H2/t12-/m0/s1. The molecule has 122 valence electrons. The van der Waals surface area contributed by atoms with E-state index in [1.807, 2.05) is 6.33 Å². The summed E-state index contributed by atoms with van der Waals surface area (Å²) in [5.74, 6) is 3.84. The molecular formula is C16H22N6O. The van der Waals surface area contributed by atoms with Crippen molar-refractivity contribution >= 4 is 0 Å². The average Bonchev–Trinajstić information content (AvgIpc) is 3.50. The molecule has 1 saturated heterocycles. The van der Waals surface area contributed by atoms with Gasteiger partial charge in [0.15, 0.2) is 5.82 Å². The van der Waals surface area contributed by atoms with Gasteiger partial charge in [0.1, 0.15) is 12.2 Å². The van der Waals surface area contributed by atoms with Gasteiger partial charge < -0.3 is 9.09 Å². The van der Waals surface area contributed by atoms with E-state index in [1.165, 1.54) is 44.3 Å². The first-order chi connectivity index (χ1) is 11.4. The summed E-state index contributed by atoms with van der Waals surface area (Å²) in [4.78, 5) is 6.99. The Labute approximate surface area is 135 Å². The second-order valence-corrected chi connectivity index (χ2v) is 7.22. The van der Waals surface area contributed by atoms with E-state index in [1.54, 1.807) is 0 Å². The van der Waals surface area contributed by atoms with E-state index >= 15 is 0 Å². The Morgan fingerprint density at radius 3 is 2.87 bits per heavy atom. The average molecular weight is 314 g/mol. The van der Waals surface area contributed by atoms with Crippen LogP contribution < -0.4 is 0 Å². The Kier molecular flexibility index (Phi) is 3.21. The molecule has 0 unspecified atom stereocenters. The van der Waals surface area contributed by atoms with Crippen molar-refractivity contribution < 1.29 is 4.52 Å². The molecule has 5 rings (SSSR count). The van der Waals surface area contributed by atoms with Crippen LogP contribution in [0.3, 0.4) is 0 Å². The zero-order valence-electron chi connectivity index (χ0n) is 13.3. The largest absolute Gasteiger partial charge is 0.339 e. The Hall–Kier alpha value is -1.76. The van der Waals surface area contributed by atoms with E-state index in [0.29, 0.717) is 17.9 Å². The van der Waals surface area contributed by atoms with Gasteiger partial charge in [-0.15, -0.1) is 10.2 Å². The molecule has 0 spiro atoms. The first-order valence-electron chi connectivity index (χ1n) is 8.81. The predicted molar refractivity (Wildman–Crippen MR) is 81.8 cm³/mol. The van der Waals surface area contributed by atoms with Gasteiger partial charge in [0.05, 0.1) is 6.54 Å². The van der Waals surface area contributed by atoms with Crippen LogP contribution in [0.5, 0.6) is 0 Å². The van der Waals surface area contributed by atoms with Gasteiger partial charge in [-0.1, -0.05) is 5.16 Å². The molecule has 23 heavy (non-hydrogen) atoms. The van der Waals surface area contributed by atoms with E-state index in [0.717, 1.165) is 31.3 Å². The molecule has 2 aliphatic carbocycles. The number of aromatic nitrogens is 5. The van der Waals surface area contributed by atoms with Crippen LogP contribution in [0.1, 0.15) is 73.9 Å². The van der Waals surface area contributed by atoms with Gasteiger partial charge >= 0.3 is 0 Å². The lowest BCUT2D eigenvalue weighted by molar-refractivity contribution is 0.188. The molecule has 2 saturated carbocycles. The lowest BCUT2D eigenvalue weighted by Gasteiger charge is -2.31. The number of piperidine rings is 1. The maximum absolute atomic E-state index is 5.37. The van der Waals surface area contributed by atoms with E-state index in [2.05, 4.69) is 29.8 Å². The number of hydrogen-bond acceptors (Lipinski definition) is 6. The van der Waals surface area contributed by atoms with Crippen LogP contribution in [-0.4, -0.2) is 42.9 Å². The molecule has 7 heteroatoms. The third-order valence-corrected chi connectivity index (χ3v) is 5.19. The Bertz CT molecular complexity index is 686. The number of hydrogen-bond donors (Lipinski definition) is 0. The zero-order chi connectivity index (χ0) is 15.2. The molecular weight excluding hydrogens is 292 g/mol. The Morgan fingerprint density at radius 1 is 1.13 bits per heavy atom. The van der Waals surface area contributed by atoms with Gasteiger partial charge in [-0.3, -0.25) is 4.90 Å². The summed E-state index contributed by atoms with van der Waals surface area (Å²) in [5.41, 5.74) is 0. The fourth-order valence-electron chi connectivity index (χ4n) is 3.62. The van der Waals surface area contributed by atoms with Crippen molar-refractivity contribution in [2.24, 2.45) is 0 Å². The molecule has 0 N–H and O–H groups in total. The minimum absolute atomic E-state index is 0.474. The van der Waals surface area contributed by atoms with Crippen molar-refractivity contribution in [2.45, 2.75) is 62.9 Å². The van der Waals surface area contributed by atoms with Gasteiger partial charge in [-0.25, -0.2) is 0 Å². The van der Waals surface area contributed by atoms with Crippen LogP contribution >= 0.6 is 0 Å². The molecule has 1 aliphatic heterocycles. The number of rotatable bonds is 5. The maximum Gasteiger partial charge on any atom is 0.229 e. The normalized spacial score (nSPS) is 25.8. The quantitative estimate of drug-likeness (QED) is 0.843. The van der Waals surface area contributed by atoms with E-state index in [4.69, 9.17) is 4.52 Å². The van der Waals surface area contributed by atoms with Gasteiger partial charge in [0.2, 0.25) is 5.89 Å². The fraction of sp³-hybridized carbons (Fsp3) is 0.750. The third-order valence-electron chi connectivity index (χ3n) is 5.19. The highest BCUT2D eigenvalue weighted by molar-refractivity contribution is 5.05. The molecule has 0 aromatic carbocycles. The second-order valence-electron chi connectivity index (χ2n) is 7.22. The van der Waals surface area contributed by atoms with Crippen molar-refractivity contribution in [1.82, 2.24) is 29.8 Å². The SMILES string of the molecule is c1nnc([C@H]2CCCN(Cc3noc(C4CC4)n3)C2)n1C1CC1. The van der Waals surface area contributed by atoms with Gasteiger partial charge in [-0.05, 0) is 45.1 Å². The summed E-state index contributed by atoms with van der Waals surface area (Å²) in [6, 6.07) is 0.647. The first-order valence-corrected chi connectivity index (χ1v) is 8.81. The molecule has 3 aliphatic rings. The highest BCUT2D eigenvalue weighted by Crippen LogP contribution is 2.39. The summed E-state index contributed by atoms with van der Waals surface area (Å²) in [7, 11) is 0. The van der Waals surface area contributed by atoms with Crippen LogP contribution in [-0.2, 0) is 6.54 Å². The highest BCUT2D eigenvalue weighted by Gasteiger charge is 2.32. The summed E-state index contributed by atoms with van der Waals surface area (Å²) in [6.45, 7) is 2.89. The summed E-state index contributed by atoms with van der Waals surface area (Å²) in [6.07, 6.45) is 9.24. The van der Waals surface area contributed by atoms with Gasteiger partial charge in [0.25, 0.3) is 0 Å². The minimum atomic E-state index is 0.474. The molecule has 0 bridgehead atoms. The fourth-order valence-corrected chi connectivity index (χ4v) is 3.62. The van der Waals surface area contributed by atoms with Crippen molar-refractivity contribution in [2.75, 3.05) is 13.1 Å². The molecule has 2 aromatic rings. The first kappa shape index (κ1) is 13.7. The third kappa shape index (κ3) is 2.78. The van der Waals surface area contributed by atoms with Crippen LogP contribution in [0.15, 0.2) is 10.9 Å². The van der Waals surface area contributed by atoms with E-state index in [-0.39, 0.29) is 0 Å². The van der Waals surface area contributed by atoms with Crippen molar-refractivity contribution in [3.63, 3.8) is 0 Å². The predicted octanol–water partition coefficient (Wildman–Crippen LogP) is 2.25. The van der Waals surface area contributed by atoms with Gasteiger partial charge in [0, 0.05) is 24.4 Å². The minimum Gasteiger partial charge on any atom is -0.339 e. The summed E-state index contributed by atoms with van der Waals surface area (Å²) < 4.78 is 7.67. The van der Waals surface area contributed by atoms with E-state index in [9.17, 15) is 0 Å². The smallest absolute Gasteiger partial charge is 0.229 e. The zero-order valence-corrected chi connectivity index (χ0v) is 13.3. The summed E-state index contributed by atoms with van der Waals surface area (Å²) >= 11 is 0. The summed E-state index contributed by atoms with van der Waals surface area (Å²) in [5, 5.41) is 12.7. The number of nitrogens with zero attached hydrogens (tertiary/aromatic N) is 6. The molecule has 1 atom stereocenters. The molecule has 0 amide bonds. The van der Waals surface area contributed by atoms with E-state index < -0.39 is 0 Å². The highest BCUT2D eigenvalue weighted by atomic mass is 16.5. The topological polar surface area (TPSA) is 72.9 Å². The monoisotopic (exact) mass is 314 g/mol. The van der Waals surface area contributed by atoms with Crippen LogP contribution in [0, 0.1) is 0 Å². The second kappa shape index (κ2) is 5.40. The Balaban J connectivity index is 1.27. The molecule has 0 radical (unpaired) electrons. The van der Waals surface area contributed by atoms with Crippen molar-refractivity contribution in [3.05, 3.63) is 23.9 Å². The van der Waals surface area contributed by atoms with Crippen LogP contribution in [0.2, 0.25) is 0 Å². The molecule has 2 aromatic heterocycles. The number of likely N-dealkylation sites (tertiary alicyclic amines) is 1. The maximum atomic E-state index is 5.37. The lowest BCUT2D eigenvalue weighted by atomic mass is 9.97. The van der Waals surface area contributed by atoms with Crippen LogP contribution in [0.4, 0.5) is 0 Å². The molecule has 3 fully saturated rings. The lowest BCUT2D eigenvalue weighted by Crippen LogP contribution is -2.35. The van der Waals surface area contributed by atoms with Gasteiger partial charge in [-0.2, -0.15) is 4.98 Å². The van der Waals surface area contributed by atoms with Crippen molar-refractivity contribution in [3.8, 4) is 0 Å². The van der Waals surface area contributed by atoms with Crippen molar-refractivity contribution in [1.29, 1.82) is 0 Å². The molecule has 3 heterocycles. The van der Waals surface area contributed by atoms with Crippen LogP contribution in [0.25, 0.3) is 0 Å². The molecule has 7 nitrogen and oxygen atoms in total. The Morgan fingerprint density at radius 2 is 2.04 bits per heavy atom.